The first-order valence-corrected chi connectivity index (χ1v) is 12.6. The molecule has 0 spiro atoms. The third-order valence-corrected chi connectivity index (χ3v) is 7.17. The summed E-state index contributed by atoms with van der Waals surface area (Å²) in [7, 11) is 0. The number of primary amides is 1. The first-order valence-electron chi connectivity index (χ1n) is 12.6. The Morgan fingerprint density at radius 3 is 2.50 bits per heavy atom. The van der Waals surface area contributed by atoms with Gasteiger partial charge in [-0.05, 0) is 43.4 Å². The number of carbonyl (C=O) groups is 1. The van der Waals surface area contributed by atoms with E-state index in [1.54, 1.807) is 18.4 Å². The Hall–Kier alpha value is -4.49. The summed E-state index contributed by atoms with van der Waals surface area (Å²) >= 11 is 0. The molecule has 1 fully saturated rings. The molecule has 4 heterocycles. The molecule has 1 saturated heterocycles. The lowest BCUT2D eigenvalue weighted by Crippen LogP contribution is -2.31. The van der Waals surface area contributed by atoms with E-state index in [2.05, 4.69) is 32.2 Å². The molecule has 0 saturated carbocycles. The van der Waals surface area contributed by atoms with Crippen molar-refractivity contribution in [3.63, 3.8) is 0 Å². The summed E-state index contributed by atoms with van der Waals surface area (Å²) in [6, 6.07) is 11.8. The van der Waals surface area contributed by atoms with Crippen LogP contribution in [0.5, 0.6) is 0 Å². The normalized spacial score (nSPS) is 17.5. The van der Waals surface area contributed by atoms with Crippen molar-refractivity contribution in [2.24, 2.45) is 11.7 Å². The SMILES string of the molecule is CC[C@@H]1CN(c2ncc(C#N)cn2)C[C@H]1Nc1c(C(N)=O)cnn2cc(-c3ccc(C(C)(C)O)cc3)cc12. The molecule has 1 aliphatic heterocycles. The summed E-state index contributed by atoms with van der Waals surface area (Å²) in [5.41, 5.74) is 9.67. The van der Waals surface area contributed by atoms with E-state index in [4.69, 9.17) is 11.0 Å². The zero-order chi connectivity index (χ0) is 27.0. The molecular weight excluding hydrogens is 480 g/mol. The van der Waals surface area contributed by atoms with E-state index in [-0.39, 0.29) is 12.0 Å². The lowest BCUT2D eigenvalue weighted by atomic mass is 9.96. The van der Waals surface area contributed by atoms with Crippen molar-refractivity contribution in [3.05, 3.63) is 71.8 Å². The Bertz CT molecular complexity index is 1510. The number of hydrogen-bond donors (Lipinski definition) is 3. The molecule has 1 aromatic carbocycles. The highest BCUT2D eigenvalue weighted by Gasteiger charge is 2.34. The van der Waals surface area contributed by atoms with Crippen LogP contribution in [0.2, 0.25) is 0 Å². The van der Waals surface area contributed by atoms with Crippen LogP contribution in [0.3, 0.4) is 0 Å². The second kappa shape index (κ2) is 9.76. The summed E-state index contributed by atoms with van der Waals surface area (Å²) in [5.74, 6) is 0.284. The summed E-state index contributed by atoms with van der Waals surface area (Å²) in [6.45, 7) is 7.01. The number of anilines is 2. The highest BCUT2D eigenvalue weighted by atomic mass is 16.3. The number of benzene rings is 1. The van der Waals surface area contributed by atoms with Crippen LogP contribution < -0.4 is 16.0 Å². The molecule has 0 unspecified atom stereocenters. The van der Waals surface area contributed by atoms with Gasteiger partial charge >= 0.3 is 0 Å². The minimum absolute atomic E-state index is 0.00737. The smallest absolute Gasteiger partial charge is 0.252 e. The number of aromatic nitrogens is 4. The molecule has 1 aliphatic rings. The molecule has 0 radical (unpaired) electrons. The quantitative estimate of drug-likeness (QED) is 0.343. The average molecular weight is 511 g/mol. The maximum Gasteiger partial charge on any atom is 0.252 e. The largest absolute Gasteiger partial charge is 0.386 e. The van der Waals surface area contributed by atoms with Crippen LogP contribution in [0.25, 0.3) is 16.6 Å². The molecule has 10 nitrogen and oxygen atoms in total. The molecule has 1 amide bonds. The fraction of sp³-hybridized carbons (Fsp3) is 0.321. The maximum absolute atomic E-state index is 12.4. The molecule has 10 heteroatoms. The van der Waals surface area contributed by atoms with E-state index in [9.17, 15) is 9.90 Å². The van der Waals surface area contributed by atoms with Gasteiger partial charge < -0.3 is 21.1 Å². The average Bonchev–Trinajstić information content (AvgIpc) is 3.53. The van der Waals surface area contributed by atoms with Gasteiger partial charge in [0.25, 0.3) is 5.91 Å². The van der Waals surface area contributed by atoms with Crippen LogP contribution in [0.15, 0.2) is 55.1 Å². The predicted molar refractivity (Wildman–Crippen MR) is 145 cm³/mol. The Morgan fingerprint density at radius 2 is 1.89 bits per heavy atom. The van der Waals surface area contributed by atoms with Crippen LogP contribution in [-0.4, -0.2) is 49.7 Å². The third-order valence-electron chi connectivity index (χ3n) is 7.17. The number of carbonyl (C=O) groups excluding carboxylic acids is 1. The third kappa shape index (κ3) is 4.76. The zero-order valence-electron chi connectivity index (χ0n) is 21.6. The van der Waals surface area contributed by atoms with Crippen molar-refractivity contribution in [3.8, 4) is 17.2 Å². The van der Waals surface area contributed by atoms with Crippen molar-refractivity contribution in [1.82, 2.24) is 19.6 Å². The van der Waals surface area contributed by atoms with E-state index in [0.717, 1.165) is 35.2 Å². The van der Waals surface area contributed by atoms with E-state index < -0.39 is 11.5 Å². The molecule has 0 bridgehead atoms. The van der Waals surface area contributed by atoms with Gasteiger partial charge in [-0.25, -0.2) is 14.5 Å². The number of amides is 1. The number of nitrogens with two attached hydrogens (primary N) is 1. The van der Waals surface area contributed by atoms with Gasteiger partial charge in [-0.1, -0.05) is 31.2 Å². The van der Waals surface area contributed by atoms with E-state index in [0.29, 0.717) is 29.3 Å². The summed E-state index contributed by atoms with van der Waals surface area (Å²) in [5, 5.41) is 27.4. The highest BCUT2D eigenvalue weighted by molar-refractivity contribution is 6.02. The van der Waals surface area contributed by atoms with Crippen molar-refractivity contribution < 1.29 is 9.90 Å². The van der Waals surface area contributed by atoms with Crippen LogP contribution in [0.1, 0.15) is 48.7 Å². The van der Waals surface area contributed by atoms with Crippen LogP contribution in [-0.2, 0) is 5.60 Å². The Morgan fingerprint density at radius 1 is 1.18 bits per heavy atom. The molecular formula is C28H30N8O2. The summed E-state index contributed by atoms with van der Waals surface area (Å²) in [6.07, 6.45) is 7.37. The van der Waals surface area contributed by atoms with Gasteiger partial charge in [0.05, 0.1) is 46.5 Å². The molecule has 3 aromatic heterocycles. The van der Waals surface area contributed by atoms with E-state index in [1.807, 2.05) is 42.6 Å². The van der Waals surface area contributed by atoms with Crippen LogP contribution >= 0.6 is 0 Å². The maximum atomic E-state index is 12.4. The number of nitrogens with one attached hydrogen (secondary N) is 1. The van der Waals surface area contributed by atoms with Crippen molar-refractivity contribution in [1.29, 1.82) is 5.26 Å². The number of hydrogen-bond acceptors (Lipinski definition) is 8. The zero-order valence-corrected chi connectivity index (χ0v) is 21.6. The van der Waals surface area contributed by atoms with E-state index in [1.165, 1.54) is 18.6 Å². The monoisotopic (exact) mass is 510 g/mol. The van der Waals surface area contributed by atoms with Gasteiger partial charge in [-0.2, -0.15) is 10.4 Å². The molecule has 4 aromatic rings. The lowest BCUT2D eigenvalue weighted by Gasteiger charge is -2.21. The lowest BCUT2D eigenvalue weighted by molar-refractivity contribution is 0.0786. The van der Waals surface area contributed by atoms with Crippen LogP contribution in [0, 0.1) is 17.2 Å². The Balaban J connectivity index is 1.48. The van der Waals surface area contributed by atoms with Crippen molar-refractivity contribution in [2.75, 3.05) is 23.3 Å². The number of rotatable bonds is 7. The first kappa shape index (κ1) is 25.2. The molecule has 38 heavy (non-hydrogen) atoms. The second-order valence-corrected chi connectivity index (χ2v) is 10.2. The van der Waals surface area contributed by atoms with Gasteiger partial charge in [0.2, 0.25) is 5.95 Å². The number of aliphatic hydroxyl groups is 1. The molecule has 194 valence electrons. The second-order valence-electron chi connectivity index (χ2n) is 10.2. The van der Waals surface area contributed by atoms with Crippen molar-refractivity contribution in [2.45, 2.75) is 38.8 Å². The fourth-order valence-electron chi connectivity index (χ4n) is 4.96. The van der Waals surface area contributed by atoms with Crippen LogP contribution in [0.4, 0.5) is 11.6 Å². The van der Waals surface area contributed by atoms with E-state index >= 15 is 0 Å². The Labute approximate surface area is 220 Å². The van der Waals surface area contributed by atoms with Gasteiger partial charge in [0.1, 0.15) is 6.07 Å². The van der Waals surface area contributed by atoms with Gasteiger partial charge in [0.15, 0.2) is 0 Å². The molecule has 0 aliphatic carbocycles. The predicted octanol–water partition coefficient (Wildman–Crippen LogP) is 3.32. The minimum atomic E-state index is -0.924. The fourth-order valence-corrected chi connectivity index (χ4v) is 4.96. The number of nitriles is 1. The van der Waals surface area contributed by atoms with Crippen molar-refractivity contribution >= 4 is 23.1 Å². The molecule has 2 atom stereocenters. The standard InChI is InChI=1S/C28H30N8O2/c1-4-18-14-35(27-31-11-17(10-29)12-32-27)16-23(18)34-25-22(26(30)37)13-33-36-15-20(9-24(25)36)19-5-7-21(8-6-19)28(2,3)38/h5-9,11-13,15,18,23,34,38H,4,14,16H2,1-3H3,(H2,30,37)/t18-,23-/m1/s1. The summed E-state index contributed by atoms with van der Waals surface area (Å²) < 4.78 is 1.74. The minimum Gasteiger partial charge on any atom is -0.386 e. The first-order chi connectivity index (χ1) is 18.2. The summed E-state index contributed by atoms with van der Waals surface area (Å²) in [4.78, 5) is 23.2. The topological polar surface area (TPSA) is 145 Å². The highest BCUT2D eigenvalue weighted by Crippen LogP contribution is 2.33. The van der Waals surface area contributed by atoms with Gasteiger partial charge in [-0.15, -0.1) is 0 Å². The number of fused-ring (bicyclic) bond motifs is 1. The molecule has 4 N–H and O–H groups in total. The van der Waals surface area contributed by atoms with Gasteiger partial charge in [0, 0.05) is 30.9 Å². The Kier molecular flexibility index (Phi) is 6.46. The number of nitrogens with zero attached hydrogens (tertiary/aromatic N) is 6. The molecule has 5 rings (SSSR count). The van der Waals surface area contributed by atoms with Gasteiger partial charge in [-0.3, -0.25) is 4.79 Å².